The van der Waals surface area contributed by atoms with Gasteiger partial charge in [0.15, 0.2) is 0 Å². The molecular formula is C20H14N4O2S. The van der Waals surface area contributed by atoms with Crippen molar-refractivity contribution in [2.75, 3.05) is 6.26 Å². The number of aromatic amines is 1. The number of fused-ring (bicyclic) bond motifs is 3. The summed E-state index contributed by atoms with van der Waals surface area (Å²) in [6.07, 6.45) is 1.88. The summed E-state index contributed by atoms with van der Waals surface area (Å²) in [7, 11) is 0. The maximum atomic E-state index is 9.63. The molecule has 0 radical (unpaired) electrons. The molecule has 0 unspecified atom stereocenters. The molecule has 0 atom stereocenters. The Morgan fingerprint density at radius 3 is 2.59 bits per heavy atom. The molecule has 7 heteroatoms. The van der Waals surface area contributed by atoms with Gasteiger partial charge in [0.25, 0.3) is 11.1 Å². The van der Waals surface area contributed by atoms with Gasteiger partial charge < -0.3 is 14.5 Å². The predicted octanol–water partition coefficient (Wildman–Crippen LogP) is 4.86. The number of aromatic hydroxyl groups is 1. The maximum absolute atomic E-state index is 9.63. The van der Waals surface area contributed by atoms with Gasteiger partial charge in [0.05, 0.1) is 11.2 Å². The number of phenols is 1. The average molecular weight is 374 g/mol. The number of H-pyrrole nitrogens is 1. The molecule has 0 amide bonds. The zero-order chi connectivity index (χ0) is 18.4. The Morgan fingerprint density at radius 2 is 1.81 bits per heavy atom. The molecule has 27 heavy (non-hydrogen) atoms. The smallest absolute Gasteiger partial charge is 0.276 e. The van der Waals surface area contributed by atoms with Gasteiger partial charge in [-0.2, -0.15) is 0 Å². The standard InChI is InChI=1S/C20H14N4O2S/c1-27-20-24-23-19(26-20)16-10-14-13-4-2-3-5-15(13)21-18(14)17(22-16)11-6-8-12(25)9-7-11/h2-10,21,25H,1H3. The van der Waals surface area contributed by atoms with Crippen LogP contribution >= 0.6 is 11.8 Å². The first kappa shape index (κ1) is 15.9. The molecule has 5 aromatic rings. The molecule has 132 valence electrons. The van der Waals surface area contributed by atoms with Gasteiger partial charge in [-0.05, 0) is 42.7 Å². The molecule has 0 aliphatic carbocycles. The van der Waals surface area contributed by atoms with Crippen LogP contribution in [0.3, 0.4) is 0 Å². The minimum atomic E-state index is 0.212. The van der Waals surface area contributed by atoms with Gasteiger partial charge in [0, 0.05) is 21.9 Å². The van der Waals surface area contributed by atoms with Crippen LogP contribution < -0.4 is 0 Å². The lowest BCUT2D eigenvalue weighted by Crippen LogP contribution is -1.91. The van der Waals surface area contributed by atoms with E-state index in [4.69, 9.17) is 9.40 Å². The Bertz CT molecular complexity index is 1270. The lowest BCUT2D eigenvalue weighted by molar-refractivity contribution is 0.465. The van der Waals surface area contributed by atoms with Gasteiger partial charge in [-0.1, -0.05) is 30.0 Å². The molecular weight excluding hydrogens is 360 g/mol. The van der Waals surface area contributed by atoms with Crippen LogP contribution in [0.2, 0.25) is 0 Å². The minimum Gasteiger partial charge on any atom is -0.508 e. The van der Waals surface area contributed by atoms with Crippen molar-refractivity contribution in [1.29, 1.82) is 0 Å². The molecule has 0 fully saturated rings. The van der Waals surface area contributed by atoms with E-state index in [1.165, 1.54) is 11.8 Å². The third kappa shape index (κ3) is 2.63. The number of benzene rings is 2. The fourth-order valence-electron chi connectivity index (χ4n) is 3.18. The van der Waals surface area contributed by atoms with Gasteiger partial charge in [-0.15, -0.1) is 10.2 Å². The minimum absolute atomic E-state index is 0.212. The summed E-state index contributed by atoms with van der Waals surface area (Å²) in [5.41, 5.74) is 4.22. The predicted molar refractivity (Wildman–Crippen MR) is 106 cm³/mol. The molecule has 2 N–H and O–H groups in total. The normalized spacial score (nSPS) is 11.4. The van der Waals surface area contributed by atoms with Gasteiger partial charge in [0.1, 0.15) is 11.4 Å². The van der Waals surface area contributed by atoms with E-state index >= 15 is 0 Å². The highest BCUT2D eigenvalue weighted by Gasteiger charge is 2.17. The largest absolute Gasteiger partial charge is 0.508 e. The molecule has 3 heterocycles. The zero-order valence-corrected chi connectivity index (χ0v) is 15.1. The molecule has 0 bridgehead atoms. The summed E-state index contributed by atoms with van der Waals surface area (Å²) in [6, 6.07) is 17.1. The van der Waals surface area contributed by atoms with E-state index in [0.29, 0.717) is 16.8 Å². The van der Waals surface area contributed by atoms with E-state index in [-0.39, 0.29) is 5.75 Å². The summed E-state index contributed by atoms with van der Waals surface area (Å²) >= 11 is 1.39. The Morgan fingerprint density at radius 1 is 1.00 bits per heavy atom. The summed E-state index contributed by atoms with van der Waals surface area (Å²) in [5, 5.41) is 20.4. The van der Waals surface area contributed by atoms with Crippen LogP contribution in [0.15, 0.2) is 64.2 Å². The molecule has 6 nitrogen and oxygen atoms in total. The Labute approximate surface area is 158 Å². The van der Waals surface area contributed by atoms with E-state index in [1.807, 2.05) is 42.7 Å². The summed E-state index contributed by atoms with van der Waals surface area (Å²) in [4.78, 5) is 8.25. The Kier molecular flexibility index (Phi) is 3.61. The highest BCUT2D eigenvalue weighted by Crippen LogP contribution is 2.35. The molecule has 0 spiro atoms. The second kappa shape index (κ2) is 6.14. The molecule has 2 aromatic carbocycles. The van der Waals surface area contributed by atoms with Crippen LogP contribution in [0.5, 0.6) is 5.75 Å². The van der Waals surface area contributed by atoms with E-state index < -0.39 is 0 Å². The van der Waals surface area contributed by atoms with E-state index in [2.05, 4.69) is 21.2 Å². The van der Waals surface area contributed by atoms with Crippen LogP contribution in [0.25, 0.3) is 44.6 Å². The Balaban J connectivity index is 1.84. The van der Waals surface area contributed by atoms with Crippen molar-refractivity contribution < 1.29 is 9.52 Å². The summed E-state index contributed by atoms with van der Waals surface area (Å²) < 4.78 is 5.69. The second-order valence-corrected chi connectivity index (χ2v) is 6.83. The van der Waals surface area contributed by atoms with Crippen molar-refractivity contribution in [3.63, 3.8) is 0 Å². The first-order valence-electron chi connectivity index (χ1n) is 8.31. The maximum Gasteiger partial charge on any atom is 0.276 e. The molecule has 0 saturated heterocycles. The fourth-order valence-corrected chi connectivity index (χ4v) is 3.46. The number of phenolic OH excluding ortho intramolecular Hbond substituents is 1. The molecule has 0 saturated carbocycles. The monoisotopic (exact) mass is 374 g/mol. The van der Waals surface area contributed by atoms with Crippen LogP contribution in [0.4, 0.5) is 0 Å². The van der Waals surface area contributed by atoms with Crippen molar-refractivity contribution in [1.82, 2.24) is 20.2 Å². The first-order valence-corrected chi connectivity index (χ1v) is 9.54. The van der Waals surface area contributed by atoms with Crippen molar-refractivity contribution in [3.8, 4) is 28.6 Å². The number of rotatable bonds is 3. The molecule has 5 rings (SSSR count). The number of nitrogens with zero attached hydrogens (tertiary/aromatic N) is 3. The van der Waals surface area contributed by atoms with Gasteiger partial charge >= 0.3 is 0 Å². The summed E-state index contributed by atoms with van der Waals surface area (Å²) in [5.74, 6) is 0.593. The third-order valence-electron chi connectivity index (χ3n) is 4.44. The molecule has 0 aliphatic heterocycles. The number of pyridine rings is 1. The van der Waals surface area contributed by atoms with E-state index in [0.717, 1.165) is 33.1 Å². The van der Waals surface area contributed by atoms with Gasteiger partial charge in [-0.25, -0.2) is 4.98 Å². The quantitative estimate of drug-likeness (QED) is 0.439. The number of hydrogen-bond acceptors (Lipinski definition) is 6. The molecule has 0 aliphatic rings. The second-order valence-electron chi connectivity index (χ2n) is 6.07. The zero-order valence-electron chi connectivity index (χ0n) is 14.3. The number of hydrogen-bond donors (Lipinski definition) is 2. The van der Waals surface area contributed by atoms with E-state index in [9.17, 15) is 5.11 Å². The lowest BCUT2D eigenvalue weighted by atomic mass is 10.1. The van der Waals surface area contributed by atoms with Crippen molar-refractivity contribution in [2.24, 2.45) is 0 Å². The van der Waals surface area contributed by atoms with Crippen molar-refractivity contribution in [2.45, 2.75) is 5.22 Å². The van der Waals surface area contributed by atoms with Gasteiger partial charge in [0.2, 0.25) is 0 Å². The number of thioether (sulfide) groups is 1. The van der Waals surface area contributed by atoms with Crippen LogP contribution in [-0.2, 0) is 0 Å². The highest BCUT2D eigenvalue weighted by molar-refractivity contribution is 7.98. The van der Waals surface area contributed by atoms with Crippen molar-refractivity contribution in [3.05, 3.63) is 54.6 Å². The van der Waals surface area contributed by atoms with Gasteiger partial charge in [-0.3, -0.25) is 0 Å². The van der Waals surface area contributed by atoms with Crippen LogP contribution in [-0.4, -0.2) is 31.5 Å². The lowest BCUT2D eigenvalue weighted by Gasteiger charge is -2.06. The van der Waals surface area contributed by atoms with Crippen molar-refractivity contribution >= 4 is 33.6 Å². The number of aromatic nitrogens is 4. The SMILES string of the molecule is CSc1nnc(-c2cc3c([nH]c4ccccc43)c(-c3ccc(O)cc3)n2)o1. The fraction of sp³-hybridized carbons (Fsp3) is 0.0500. The van der Waals surface area contributed by atoms with Crippen LogP contribution in [0.1, 0.15) is 0 Å². The van der Waals surface area contributed by atoms with E-state index in [1.54, 1.807) is 12.1 Å². The average Bonchev–Trinajstić information content (AvgIpc) is 3.32. The van der Waals surface area contributed by atoms with Crippen LogP contribution in [0, 0.1) is 0 Å². The third-order valence-corrected chi connectivity index (χ3v) is 4.95. The Hall–Kier alpha value is -3.32. The first-order chi connectivity index (χ1) is 13.2. The number of nitrogens with one attached hydrogen (secondary N) is 1. The summed E-state index contributed by atoms with van der Waals surface area (Å²) in [6.45, 7) is 0. The highest BCUT2D eigenvalue weighted by atomic mass is 32.2. The number of para-hydroxylation sites is 1. The topological polar surface area (TPSA) is 87.8 Å². The molecule has 3 aromatic heterocycles.